The molecule has 4 heteroatoms. The Morgan fingerprint density at radius 3 is 2.74 bits per heavy atom. The van der Waals surface area contributed by atoms with E-state index < -0.39 is 0 Å². The van der Waals surface area contributed by atoms with Gasteiger partial charge in [-0.25, -0.2) is 4.98 Å². The van der Waals surface area contributed by atoms with Gasteiger partial charge in [-0.3, -0.25) is 0 Å². The molecule has 19 heavy (non-hydrogen) atoms. The Morgan fingerprint density at radius 2 is 2.05 bits per heavy atom. The molecule has 0 saturated heterocycles. The van der Waals surface area contributed by atoms with Crippen molar-refractivity contribution < 1.29 is 4.74 Å². The SMILES string of the molecule is CCCc1nc(Br)cc(OC2CCC(C)C(C)C2)n1. The molecule has 1 saturated carbocycles. The summed E-state index contributed by atoms with van der Waals surface area (Å²) in [5, 5.41) is 0. The molecule has 0 N–H and O–H groups in total. The Kier molecular flexibility index (Phi) is 5.20. The van der Waals surface area contributed by atoms with E-state index in [4.69, 9.17) is 4.74 Å². The standard InChI is InChI=1S/C15H23BrN2O/c1-4-5-14-17-13(16)9-15(18-14)19-12-7-6-10(2)11(3)8-12/h9-12H,4-8H2,1-3H3. The van der Waals surface area contributed by atoms with E-state index in [1.54, 1.807) is 0 Å². The second kappa shape index (κ2) is 6.69. The lowest BCUT2D eigenvalue weighted by Crippen LogP contribution is -2.29. The summed E-state index contributed by atoms with van der Waals surface area (Å²) >= 11 is 3.44. The number of aromatic nitrogens is 2. The third kappa shape index (κ3) is 4.16. The molecule has 1 aliphatic rings. The molecular weight excluding hydrogens is 304 g/mol. The van der Waals surface area contributed by atoms with E-state index in [0.29, 0.717) is 6.10 Å². The molecule has 1 aromatic heterocycles. The second-order valence-corrected chi connectivity index (χ2v) is 6.52. The fourth-order valence-corrected chi connectivity index (χ4v) is 3.01. The van der Waals surface area contributed by atoms with Crippen molar-refractivity contribution in [1.29, 1.82) is 0 Å². The highest BCUT2D eigenvalue weighted by molar-refractivity contribution is 9.10. The first-order valence-corrected chi connectivity index (χ1v) is 8.08. The zero-order valence-corrected chi connectivity index (χ0v) is 13.6. The summed E-state index contributed by atoms with van der Waals surface area (Å²) in [5.41, 5.74) is 0. The number of hydrogen-bond donors (Lipinski definition) is 0. The van der Waals surface area contributed by atoms with E-state index in [1.165, 1.54) is 6.42 Å². The Morgan fingerprint density at radius 1 is 1.26 bits per heavy atom. The van der Waals surface area contributed by atoms with Gasteiger partial charge in [0.05, 0.1) is 0 Å². The largest absolute Gasteiger partial charge is 0.474 e. The normalized spacial score (nSPS) is 27.3. The van der Waals surface area contributed by atoms with Gasteiger partial charge in [0.1, 0.15) is 16.5 Å². The van der Waals surface area contributed by atoms with Gasteiger partial charge < -0.3 is 4.74 Å². The molecule has 1 aromatic rings. The van der Waals surface area contributed by atoms with Gasteiger partial charge in [0.25, 0.3) is 0 Å². The minimum Gasteiger partial charge on any atom is -0.474 e. The molecule has 3 nitrogen and oxygen atoms in total. The first kappa shape index (κ1) is 14.8. The molecule has 0 bridgehead atoms. The van der Waals surface area contributed by atoms with Crippen molar-refractivity contribution in [3.63, 3.8) is 0 Å². The van der Waals surface area contributed by atoms with Gasteiger partial charge in [0, 0.05) is 12.5 Å². The van der Waals surface area contributed by atoms with Crippen molar-refractivity contribution in [2.45, 2.75) is 59.0 Å². The van der Waals surface area contributed by atoms with Crippen molar-refractivity contribution in [3.05, 3.63) is 16.5 Å². The van der Waals surface area contributed by atoms with E-state index in [-0.39, 0.29) is 0 Å². The summed E-state index contributed by atoms with van der Waals surface area (Å²) in [6.45, 7) is 6.79. The number of hydrogen-bond acceptors (Lipinski definition) is 3. The number of rotatable bonds is 4. The van der Waals surface area contributed by atoms with Crippen LogP contribution in [0.4, 0.5) is 0 Å². The summed E-state index contributed by atoms with van der Waals surface area (Å²) in [4.78, 5) is 8.87. The zero-order valence-electron chi connectivity index (χ0n) is 12.0. The van der Waals surface area contributed by atoms with Gasteiger partial charge >= 0.3 is 0 Å². The second-order valence-electron chi connectivity index (χ2n) is 5.70. The lowest BCUT2D eigenvalue weighted by molar-refractivity contribution is 0.0960. The molecule has 106 valence electrons. The number of halogens is 1. The average Bonchev–Trinajstić information content (AvgIpc) is 2.33. The molecule has 0 amide bonds. The van der Waals surface area contributed by atoms with Crippen LogP contribution < -0.4 is 4.74 Å². The predicted molar refractivity (Wildman–Crippen MR) is 80.3 cm³/mol. The molecule has 0 aliphatic heterocycles. The molecule has 0 aromatic carbocycles. The highest BCUT2D eigenvalue weighted by Crippen LogP contribution is 2.31. The minimum atomic E-state index is 0.308. The van der Waals surface area contributed by atoms with Gasteiger partial charge in [-0.1, -0.05) is 20.8 Å². The Hall–Kier alpha value is -0.640. The van der Waals surface area contributed by atoms with Gasteiger partial charge in [0.15, 0.2) is 0 Å². The van der Waals surface area contributed by atoms with Crippen LogP contribution in [0.3, 0.4) is 0 Å². The molecule has 0 radical (unpaired) electrons. The number of aryl methyl sites for hydroxylation is 1. The van der Waals surface area contributed by atoms with Gasteiger partial charge in [-0.05, 0) is 53.4 Å². The Labute approximate surface area is 124 Å². The molecule has 2 rings (SSSR count). The van der Waals surface area contributed by atoms with Crippen LogP contribution >= 0.6 is 15.9 Å². The molecule has 0 spiro atoms. The van der Waals surface area contributed by atoms with E-state index in [9.17, 15) is 0 Å². The Balaban J connectivity index is 2.02. The lowest BCUT2D eigenvalue weighted by atomic mass is 9.80. The lowest BCUT2D eigenvalue weighted by Gasteiger charge is -2.31. The topological polar surface area (TPSA) is 35.0 Å². The first-order valence-electron chi connectivity index (χ1n) is 7.28. The summed E-state index contributed by atoms with van der Waals surface area (Å²) < 4.78 is 6.88. The van der Waals surface area contributed by atoms with Crippen LogP contribution in [0.15, 0.2) is 10.7 Å². The van der Waals surface area contributed by atoms with E-state index >= 15 is 0 Å². The minimum absolute atomic E-state index is 0.308. The van der Waals surface area contributed by atoms with Crippen molar-refractivity contribution in [2.24, 2.45) is 11.8 Å². The average molecular weight is 327 g/mol. The van der Waals surface area contributed by atoms with Crippen molar-refractivity contribution in [1.82, 2.24) is 9.97 Å². The molecule has 3 unspecified atom stereocenters. The van der Waals surface area contributed by atoms with Crippen LogP contribution in [0.25, 0.3) is 0 Å². The van der Waals surface area contributed by atoms with Crippen LogP contribution in [0.1, 0.15) is 52.3 Å². The monoisotopic (exact) mass is 326 g/mol. The third-order valence-electron chi connectivity index (χ3n) is 4.03. The smallest absolute Gasteiger partial charge is 0.217 e. The van der Waals surface area contributed by atoms with Crippen molar-refractivity contribution >= 4 is 15.9 Å². The molecule has 1 heterocycles. The van der Waals surface area contributed by atoms with E-state index in [1.807, 2.05) is 6.07 Å². The predicted octanol–water partition coefficient (Wildman–Crippen LogP) is 4.40. The van der Waals surface area contributed by atoms with E-state index in [0.717, 1.165) is 53.8 Å². The summed E-state index contributed by atoms with van der Waals surface area (Å²) in [6.07, 6.45) is 5.77. The molecular formula is C15H23BrN2O. The van der Waals surface area contributed by atoms with Gasteiger partial charge in [-0.15, -0.1) is 0 Å². The van der Waals surface area contributed by atoms with Gasteiger partial charge in [-0.2, -0.15) is 4.98 Å². The molecule has 3 atom stereocenters. The van der Waals surface area contributed by atoms with Crippen LogP contribution in [0, 0.1) is 11.8 Å². The first-order chi connectivity index (χ1) is 9.08. The number of nitrogens with zero attached hydrogens (tertiary/aromatic N) is 2. The Bertz CT molecular complexity index is 425. The van der Waals surface area contributed by atoms with Crippen LogP contribution in [0.2, 0.25) is 0 Å². The zero-order chi connectivity index (χ0) is 13.8. The van der Waals surface area contributed by atoms with Crippen molar-refractivity contribution in [3.8, 4) is 5.88 Å². The maximum Gasteiger partial charge on any atom is 0.217 e. The van der Waals surface area contributed by atoms with Gasteiger partial charge in [0.2, 0.25) is 5.88 Å². The van der Waals surface area contributed by atoms with Crippen LogP contribution in [0.5, 0.6) is 5.88 Å². The highest BCUT2D eigenvalue weighted by atomic mass is 79.9. The summed E-state index contributed by atoms with van der Waals surface area (Å²) in [6, 6.07) is 1.88. The molecule has 1 aliphatic carbocycles. The van der Waals surface area contributed by atoms with Crippen LogP contribution in [-0.4, -0.2) is 16.1 Å². The van der Waals surface area contributed by atoms with Crippen molar-refractivity contribution in [2.75, 3.05) is 0 Å². The highest BCUT2D eigenvalue weighted by Gasteiger charge is 2.26. The number of ether oxygens (including phenoxy) is 1. The maximum absolute atomic E-state index is 6.06. The summed E-state index contributed by atoms with van der Waals surface area (Å²) in [5.74, 6) is 3.13. The maximum atomic E-state index is 6.06. The fraction of sp³-hybridized carbons (Fsp3) is 0.733. The fourth-order valence-electron chi connectivity index (χ4n) is 2.61. The third-order valence-corrected chi connectivity index (χ3v) is 4.44. The van der Waals surface area contributed by atoms with E-state index in [2.05, 4.69) is 46.7 Å². The molecule has 1 fully saturated rings. The quantitative estimate of drug-likeness (QED) is 0.769. The van der Waals surface area contributed by atoms with Crippen LogP contribution in [-0.2, 0) is 6.42 Å². The summed E-state index contributed by atoms with van der Waals surface area (Å²) in [7, 11) is 0.